The molecule has 0 saturated heterocycles. The molecule has 0 aliphatic carbocycles. The van der Waals surface area contributed by atoms with Crippen molar-refractivity contribution in [3.05, 3.63) is 35.4 Å². The van der Waals surface area contributed by atoms with Gasteiger partial charge in [-0.05, 0) is 25.3 Å². The van der Waals surface area contributed by atoms with E-state index in [0.717, 1.165) is 18.4 Å². The van der Waals surface area contributed by atoms with Crippen LogP contribution < -0.4 is 0 Å². The number of hydrogen-bond donors (Lipinski definition) is 0. The van der Waals surface area contributed by atoms with Crippen LogP contribution in [0.15, 0.2) is 24.3 Å². The van der Waals surface area contributed by atoms with Gasteiger partial charge in [0.05, 0.1) is 0 Å². The molecule has 15 heavy (non-hydrogen) atoms. The van der Waals surface area contributed by atoms with Crippen molar-refractivity contribution in [3.63, 3.8) is 0 Å². The molecule has 0 aromatic heterocycles. The number of ether oxygens (including phenoxy) is 1. The third-order valence-corrected chi connectivity index (χ3v) is 2.96. The highest BCUT2D eigenvalue weighted by atomic mass is 16.5. The summed E-state index contributed by atoms with van der Waals surface area (Å²) in [6.45, 7) is 7.64. The van der Waals surface area contributed by atoms with Gasteiger partial charge in [-0.1, -0.05) is 43.7 Å². The predicted octanol–water partition coefficient (Wildman–Crippen LogP) is 3.09. The summed E-state index contributed by atoms with van der Waals surface area (Å²) in [4.78, 5) is 10.4. The van der Waals surface area contributed by atoms with E-state index >= 15 is 0 Å². The lowest BCUT2D eigenvalue weighted by Crippen LogP contribution is -2.27. The maximum Gasteiger partial charge on any atom is 0.418 e. The molecule has 0 bridgehead atoms. The molecule has 1 aromatic carbocycles. The molecule has 0 aliphatic rings. The lowest BCUT2D eigenvalue weighted by atomic mass is 9.88. The van der Waals surface area contributed by atoms with Crippen LogP contribution in [-0.2, 0) is 15.1 Å². The fourth-order valence-corrected chi connectivity index (χ4v) is 1.80. The van der Waals surface area contributed by atoms with Crippen LogP contribution in [0.2, 0.25) is 0 Å². The summed E-state index contributed by atoms with van der Waals surface area (Å²) in [6.07, 6.45) is 1.53. The lowest BCUT2D eigenvalue weighted by Gasteiger charge is -2.29. The van der Waals surface area contributed by atoms with E-state index in [-0.39, 0.29) is 0 Å². The summed E-state index contributed by atoms with van der Waals surface area (Å²) in [5.41, 5.74) is 1.74. The second-order valence-electron chi connectivity index (χ2n) is 3.75. The highest BCUT2D eigenvalue weighted by molar-refractivity contribution is 5.41. The van der Waals surface area contributed by atoms with Crippen LogP contribution in [0.5, 0.6) is 0 Å². The van der Waals surface area contributed by atoms with Gasteiger partial charge in [-0.15, -0.1) is 0 Å². The lowest BCUT2D eigenvalue weighted by molar-refractivity contribution is 0.0396. The molecule has 0 spiro atoms. The van der Waals surface area contributed by atoms with Crippen molar-refractivity contribution < 1.29 is 9.53 Å². The minimum atomic E-state index is -0.505. The normalized spacial score (nSPS) is 11.1. The Morgan fingerprint density at radius 2 is 1.73 bits per heavy atom. The Kier molecular flexibility index (Phi) is 3.89. The van der Waals surface area contributed by atoms with Crippen LogP contribution in [0.25, 0.3) is 0 Å². The first-order valence-corrected chi connectivity index (χ1v) is 5.31. The summed E-state index contributed by atoms with van der Waals surface area (Å²) in [5, 5.41) is 0. The Balaban J connectivity index is 3.07. The van der Waals surface area contributed by atoms with Gasteiger partial charge in [0.25, 0.3) is 0 Å². The molecule has 2 nitrogen and oxygen atoms in total. The maximum atomic E-state index is 10.4. The maximum absolute atomic E-state index is 10.4. The van der Waals surface area contributed by atoms with Crippen molar-refractivity contribution in [2.24, 2.45) is 0 Å². The van der Waals surface area contributed by atoms with Gasteiger partial charge in [-0.2, -0.15) is 0 Å². The van der Waals surface area contributed by atoms with Gasteiger partial charge in [0.15, 0.2) is 0 Å². The van der Waals surface area contributed by atoms with Gasteiger partial charge in [0, 0.05) is 0 Å². The van der Waals surface area contributed by atoms with Crippen molar-refractivity contribution in [2.45, 2.75) is 39.2 Å². The molecular weight excluding hydrogens is 188 g/mol. The fourth-order valence-electron chi connectivity index (χ4n) is 1.80. The third kappa shape index (κ3) is 2.38. The van der Waals surface area contributed by atoms with Crippen molar-refractivity contribution >= 4 is 6.47 Å². The van der Waals surface area contributed by atoms with Gasteiger partial charge in [0.2, 0.25) is 0 Å². The van der Waals surface area contributed by atoms with Gasteiger partial charge < -0.3 is 4.74 Å². The van der Waals surface area contributed by atoms with Crippen LogP contribution in [0, 0.1) is 6.92 Å². The predicted molar refractivity (Wildman–Crippen MR) is 60.2 cm³/mol. The molecule has 0 saturated carbocycles. The van der Waals surface area contributed by atoms with E-state index in [1.165, 1.54) is 5.56 Å². The minimum absolute atomic E-state index is 0.505. The van der Waals surface area contributed by atoms with E-state index in [1.54, 1.807) is 6.47 Å². The number of rotatable bonds is 5. The largest absolute Gasteiger partial charge is 0.446 e. The van der Waals surface area contributed by atoms with Crippen LogP contribution in [0.4, 0.5) is 0 Å². The molecule has 0 amide bonds. The van der Waals surface area contributed by atoms with Crippen LogP contribution >= 0.6 is 0 Å². The molecule has 1 radical (unpaired) electrons. The van der Waals surface area contributed by atoms with Gasteiger partial charge >= 0.3 is 6.47 Å². The molecule has 0 unspecified atom stereocenters. The van der Waals surface area contributed by atoms with Crippen molar-refractivity contribution in [2.75, 3.05) is 0 Å². The van der Waals surface area contributed by atoms with E-state index in [9.17, 15) is 4.79 Å². The minimum Gasteiger partial charge on any atom is -0.446 e. The first-order chi connectivity index (χ1) is 7.18. The summed E-state index contributed by atoms with van der Waals surface area (Å²) in [6, 6.07) is 8.09. The molecule has 0 aliphatic heterocycles. The van der Waals surface area contributed by atoms with E-state index in [0.29, 0.717) is 0 Å². The zero-order chi connectivity index (χ0) is 11.3. The van der Waals surface area contributed by atoms with Crippen molar-refractivity contribution in [1.82, 2.24) is 0 Å². The topological polar surface area (TPSA) is 26.3 Å². The quantitative estimate of drug-likeness (QED) is 0.738. The van der Waals surface area contributed by atoms with Crippen molar-refractivity contribution in [1.29, 1.82) is 0 Å². The monoisotopic (exact) mass is 205 g/mol. The first kappa shape index (κ1) is 11.8. The number of carbonyl (C=O) groups excluding carboxylic acids is 1. The van der Waals surface area contributed by atoms with Crippen molar-refractivity contribution in [3.8, 4) is 0 Å². The van der Waals surface area contributed by atoms with E-state index in [2.05, 4.69) is 0 Å². The first-order valence-electron chi connectivity index (χ1n) is 5.31. The standard InChI is InChI=1S/C13H17O2/c1-4-13(5-2,15-10-14)12-8-6-11(3)7-9-12/h6-9H,4-5H2,1-3H3. The molecule has 0 heterocycles. The van der Waals surface area contributed by atoms with Crippen LogP contribution in [0.3, 0.4) is 0 Å². The Morgan fingerprint density at radius 3 is 2.13 bits per heavy atom. The second kappa shape index (κ2) is 4.96. The molecule has 0 N–H and O–H groups in total. The molecule has 1 aromatic rings. The molecular formula is C13H17O2. The van der Waals surface area contributed by atoms with Crippen LogP contribution in [0.1, 0.15) is 37.8 Å². The second-order valence-corrected chi connectivity index (χ2v) is 3.75. The summed E-state index contributed by atoms with van der Waals surface area (Å²) in [5.74, 6) is 0. The molecule has 2 heteroatoms. The summed E-state index contributed by atoms with van der Waals surface area (Å²) in [7, 11) is 0. The summed E-state index contributed by atoms with van der Waals surface area (Å²) < 4.78 is 5.15. The average Bonchev–Trinajstić information content (AvgIpc) is 2.27. The smallest absolute Gasteiger partial charge is 0.418 e. The van der Waals surface area contributed by atoms with E-state index in [4.69, 9.17) is 4.74 Å². The number of aryl methyl sites for hydroxylation is 1. The number of benzene rings is 1. The summed E-state index contributed by atoms with van der Waals surface area (Å²) >= 11 is 0. The highest BCUT2D eigenvalue weighted by Crippen LogP contribution is 2.32. The van der Waals surface area contributed by atoms with Gasteiger partial charge in [-0.25, -0.2) is 4.79 Å². The average molecular weight is 205 g/mol. The molecule has 0 atom stereocenters. The Morgan fingerprint density at radius 1 is 1.20 bits per heavy atom. The van der Waals surface area contributed by atoms with Gasteiger partial charge in [-0.3, -0.25) is 0 Å². The van der Waals surface area contributed by atoms with E-state index < -0.39 is 5.60 Å². The highest BCUT2D eigenvalue weighted by Gasteiger charge is 2.30. The molecule has 0 fully saturated rings. The molecule has 1 rings (SSSR count). The Labute approximate surface area is 91.3 Å². The van der Waals surface area contributed by atoms with E-state index in [1.807, 2.05) is 45.0 Å². The SMILES string of the molecule is CCC(CC)(O[C]=O)c1ccc(C)cc1. The Hall–Kier alpha value is -1.31. The van der Waals surface area contributed by atoms with Crippen LogP contribution in [-0.4, -0.2) is 6.47 Å². The molecule has 81 valence electrons. The Bertz CT molecular complexity index is 310. The van der Waals surface area contributed by atoms with Gasteiger partial charge in [0.1, 0.15) is 5.60 Å². The third-order valence-electron chi connectivity index (χ3n) is 2.96. The zero-order valence-corrected chi connectivity index (χ0v) is 9.54. The number of hydrogen-bond acceptors (Lipinski definition) is 2. The zero-order valence-electron chi connectivity index (χ0n) is 9.54. The fraction of sp³-hybridized carbons (Fsp3) is 0.462.